The molecule has 316 valence electrons. The van der Waals surface area contributed by atoms with Gasteiger partial charge in [-0.15, -0.1) is 0 Å². The number of aldehydes is 1. The SMILES string of the molecule is C[C@H](CO)CC[C@@]1(C)O[C@H]2CC3[C@@H]4CC[C@@H]5C[C@@H](O[C@@H]6O[C@H](CO)[C@@H](O)[C@H](O)[C@H]6O[C@@H]6O[C@H](CO)[C@@H](C=O)[C@H](O)[C@H]6O)CC[C@]5(C)[C@@]4(C)CC[C@]3(C)[C@H]2[C@@H]1C. The van der Waals surface area contributed by atoms with E-state index in [1.165, 1.54) is 12.8 Å². The summed E-state index contributed by atoms with van der Waals surface area (Å²) >= 11 is 0. The number of rotatable bonds is 11. The number of hydrogen-bond donors (Lipinski definition) is 7. The summed E-state index contributed by atoms with van der Waals surface area (Å²) in [6.07, 6.45) is -2.32. The molecule has 7 rings (SSSR count). The van der Waals surface area contributed by atoms with Gasteiger partial charge in [0.05, 0.1) is 49.1 Å². The van der Waals surface area contributed by atoms with Gasteiger partial charge in [0.15, 0.2) is 12.6 Å². The molecular weight excluding hydrogens is 712 g/mol. The predicted octanol–water partition coefficient (Wildman–Crippen LogP) is 2.31. The molecule has 0 bridgehead atoms. The van der Waals surface area contributed by atoms with E-state index in [2.05, 4.69) is 41.5 Å². The molecule has 13 nitrogen and oxygen atoms in total. The Labute approximate surface area is 326 Å². The highest BCUT2D eigenvalue weighted by atomic mass is 16.8. The number of ether oxygens (including phenoxy) is 5. The summed E-state index contributed by atoms with van der Waals surface area (Å²) in [7, 11) is 0. The van der Waals surface area contributed by atoms with E-state index in [1.807, 2.05) is 0 Å². The number of fused-ring (bicyclic) bond motifs is 7. The lowest BCUT2D eigenvalue weighted by Crippen LogP contribution is -2.64. The maximum absolute atomic E-state index is 11.6. The Morgan fingerprint density at radius 1 is 0.782 bits per heavy atom. The van der Waals surface area contributed by atoms with Crippen molar-refractivity contribution >= 4 is 6.29 Å². The standard InChI is InChI=1S/C42H70O13/c1-21(17-43)9-12-42(6)22(2)31-28(55-42)16-27-26-8-7-23-15-24(10-11-40(23,4)41(26,5)14-13-39(27,31)3)51-38-36(34(49)33(48)30(20-46)53-38)54-37-35(50)32(47)25(18-44)29(19-45)52-37/h18,21-38,43,45-50H,7-17,19-20H2,1-6H3/t21-,22-,23+,24-,25+,26-,27?,28-,29+,30+,31-,32-,33+,34-,35+,36+,37-,38+,39-,40-,41-,42+/m0/s1. The van der Waals surface area contributed by atoms with Crippen molar-refractivity contribution < 1.29 is 64.2 Å². The van der Waals surface area contributed by atoms with Crippen molar-refractivity contribution in [2.75, 3.05) is 19.8 Å². The van der Waals surface area contributed by atoms with Crippen molar-refractivity contribution in [3.05, 3.63) is 0 Å². The number of hydrogen-bond acceptors (Lipinski definition) is 13. The Bertz CT molecular complexity index is 1350. The molecule has 0 aromatic carbocycles. The van der Waals surface area contributed by atoms with E-state index in [1.54, 1.807) is 0 Å². The van der Waals surface area contributed by atoms with E-state index in [9.17, 15) is 40.5 Å². The Kier molecular flexibility index (Phi) is 12.0. The summed E-state index contributed by atoms with van der Waals surface area (Å²) in [5.74, 6) is 1.70. The first-order chi connectivity index (χ1) is 26.0. The summed E-state index contributed by atoms with van der Waals surface area (Å²) in [5.41, 5.74) is 0.323. The average molecular weight is 783 g/mol. The quantitative estimate of drug-likeness (QED) is 0.119. The molecule has 7 aliphatic rings. The minimum absolute atomic E-state index is 0.0908. The van der Waals surface area contributed by atoms with E-state index in [0.717, 1.165) is 51.4 Å². The fourth-order valence-electron chi connectivity index (χ4n) is 13.6. The molecule has 0 spiro atoms. The Hall–Kier alpha value is -0.810. The van der Waals surface area contributed by atoms with Crippen LogP contribution in [0, 0.1) is 57.7 Å². The normalized spacial score (nSPS) is 55.5. The van der Waals surface area contributed by atoms with Gasteiger partial charge in [0, 0.05) is 6.61 Å². The first-order valence-corrected chi connectivity index (χ1v) is 21.3. The highest BCUT2D eigenvalue weighted by Gasteiger charge is 2.70. The van der Waals surface area contributed by atoms with Gasteiger partial charge >= 0.3 is 0 Å². The van der Waals surface area contributed by atoms with Gasteiger partial charge in [0.1, 0.15) is 36.8 Å². The summed E-state index contributed by atoms with van der Waals surface area (Å²) in [5, 5.41) is 72.9. The van der Waals surface area contributed by atoms with Gasteiger partial charge in [-0.2, -0.15) is 0 Å². The molecule has 0 amide bonds. The summed E-state index contributed by atoms with van der Waals surface area (Å²) in [4.78, 5) is 11.6. The van der Waals surface area contributed by atoms with E-state index >= 15 is 0 Å². The third-order valence-corrected chi connectivity index (χ3v) is 17.5. The Morgan fingerprint density at radius 3 is 2.16 bits per heavy atom. The zero-order valence-electron chi connectivity index (χ0n) is 33.7. The van der Waals surface area contributed by atoms with Crippen molar-refractivity contribution in [3.63, 3.8) is 0 Å². The molecule has 22 atom stereocenters. The van der Waals surface area contributed by atoms with Crippen LogP contribution in [0.25, 0.3) is 0 Å². The molecule has 1 unspecified atom stereocenters. The van der Waals surface area contributed by atoms with E-state index in [4.69, 9.17) is 23.7 Å². The number of carbonyl (C=O) groups is 1. The maximum Gasteiger partial charge on any atom is 0.187 e. The summed E-state index contributed by atoms with van der Waals surface area (Å²) < 4.78 is 31.3. The van der Waals surface area contributed by atoms with Gasteiger partial charge in [-0.3, -0.25) is 0 Å². The number of aliphatic hydroxyl groups excluding tert-OH is 7. The molecule has 4 saturated carbocycles. The molecule has 4 aliphatic carbocycles. The lowest BCUT2D eigenvalue weighted by Gasteiger charge is -2.67. The van der Waals surface area contributed by atoms with Crippen LogP contribution in [0.4, 0.5) is 0 Å². The monoisotopic (exact) mass is 782 g/mol. The van der Waals surface area contributed by atoms with E-state index < -0.39 is 74.4 Å². The predicted molar refractivity (Wildman–Crippen MR) is 198 cm³/mol. The molecule has 3 saturated heterocycles. The summed E-state index contributed by atoms with van der Waals surface area (Å²) in [6, 6.07) is 0. The van der Waals surface area contributed by atoms with Gasteiger partial charge in [-0.25, -0.2) is 0 Å². The highest BCUT2D eigenvalue weighted by molar-refractivity contribution is 5.56. The number of aliphatic hydroxyl groups is 7. The molecule has 0 aromatic rings. The topological polar surface area (TPSA) is 205 Å². The fourth-order valence-corrected chi connectivity index (χ4v) is 13.6. The molecule has 3 heterocycles. The zero-order chi connectivity index (χ0) is 39.8. The van der Waals surface area contributed by atoms with Gasteiger partial charge in [0.25, 0.3) is 0 Å². The molecule has 3 aliphatic heterocycles. The second-order valence-electron chi connectivity index (χ2n) is 19.9. The third-order valence-electron chi connectivity index (χ3n) is 17.5. The number of carbonyl (C=O) groups excluding carboxylic acids is 1. The van der Waals surface area contributed by atoms with Crippen LogP contribution in [-0.2, 0) is 28.5 Å². The fraction of sp³-hybridized carbons (Fsp3) is 0.976. The molecule has 55 heavy (non-hydrogen) atoms. The molecule has 0 radical (unpaired) electrons. The molecule has 7 fully saturated rings. The van der Waals surface area contributed by atoms with Crippen molar-refractivity contribution in [3.8, 4) is 0 Å². The van der Waals surface area contributed by atoms with Crippen LogP contribution >= 0.6 is 0 Å². The molecule has 7 N–H and O–H groups in total. The van der Waals surface area contributed by atoms with Crippen molar-refractivity contribution in [2.24, 2.45) is 57.7 Å². The van der Waals surface area contributed by atoms with Crippen molar-refractivity contribution in [2.45, 2.75) is 179 Å². The van der Waals surface area contributed by atoms with E-state index in [0.29, 0.717) is 35.9 Å². The van der Waals surface area contributed by atoms with Crippen LogP contribution in [0.1, 0.15) is 106 Å². The molecule has 0 aromatic heterocycles. The third kappa shape index (κ3) is 6.80. The smallest absolute Gasteiger partial charge is 0.187 e. The van der Waals surface area contributed by atoms with Crippen molar-refractivity contribution in [1.82, 2.24) is 0 Å². The highest BCUT2D eigenvalue weighted by Crippen LogP contribution is 2.75. The van der Waals surface area contributed by atoms with Crippen LogP contribution in [0.3, 0.4) is 0 Å². The first-order valence-electron chi connectivity index (χ1n) is 21.3. The molecular formula is C42H70O13. The minimum Gasteiger partial charge on any atom is -0.396 e. The Morgan fingerprint density at radius 2 is 1.49 bits per heavy atom. The second-order valence-corrected chi connectivity index (χ2v) is 19.9. The Balaban J connectivity index is 1.04. The summed E-state index contributed by atoms with van der Waals surface area (Å²) in [6.45, 7) is 13.5. The van der Waals surface area contributed by atoms with Crippen LogP contribution in [0.2, 0.25) is 0 Å². The minimum atomic E-state index is -1.69. The van der Waals surface area contributed by atoms with Crippen LogP contribution in [0.5, 0.6) is 0 Å². The van der Waals surface area contributed by atoms with Crippen molar-refractivity contribution in [1.29, 1.82) is 0 Å². The lowest BCUT2D eigenvalue weighted by molar-refractivity contribution is -0.369. The van der Waals surface area contributed by atoms with Gasteiger partial charge in [-0.1, -0.05) is 34.6 Å². The maximum atomic E-state index is 11.6. The molecule has 13 heteroatoms. The van der Waals surface area contributed by atoms with Gasteiger partial charge in [0.2, 0.25) is 0 Å². The van der Waals surface area contributed by atoms with Gasteiger partial charge < -0.3 is 64.2 Å². The average Bonchev–Trinajstić information content (AvgIpc) is 3.60. The van der Waals surface area contributed by atoms with Crippen LogP contribution in [-0.4, -0.2) is 135 Å². The largest absolute Gasteiger partial charge is 0.396 e. The van der Waals surface area contributed by atoms with Crippen LogP contribution in [0.15, 0.2) is 0 Å². The lowest BCUT2D eigenvalue weighted by atomic mass is 9.38. The first kappa shape index (κ1) is 42.3. The van der Waals surface area contributed by atoms with Gasteiger partial charge in [-0.05, 0) is 123 Å². The van der Waals surface area contributed by atoms with Crippen LogP contribution < -0.4 is 0 Å². The zero-order valence-corrected chi connectivity index (χ0v) is 33.7. The second kappa shape index (κ2) is 15.7. The van der Waals surface area contributed by atoms with E-state index in [-0.39, 0.29) is 46.6 Å².